The maximum atomic E-state index is 12.4. The van der Waals surface area contributed by atoms with Gasteiger partial charge in [-0.2, -0.15) is 0 Å². The largest absolute Gasteiger partial charge is 0.386 e. The molecule has 1 spiro atoms. The van der Waals surface area contributed by atoms with Crippen LogP contribution in [0.1, 0.15) is 48.3 Å². The zero-order valence-corrected chi connectivity index (χ0v) is 14.3. The molecule has 130 valence electrons. The molecule has 2 heterocycles. The van der Waals surface area contributed by atoms with E-state index < -0.39 is 5.60 Å². The first kappa shape index (κ1) is 16.0. The average Bonchev–Trinajstić information content (AvgIpc) is 2.98. The lowest BCUT2D eigenvalue weighted by Gasteiger charge is -2.36. The zero-order chi connectivity index (χ0) is 16.8. The number of carbonyl (C=O) groups is 2. The summed E-state index contributed by atoms with van der Waals surface area (Å²) in [5.74, 6) is 0.340. The van der Waals surface area contributed by atoms with Crippen molar-refractivity contribution >= 4 is 23.2 Å². The van der Waals surface area contributed by atoms with E-state index in [0.29, 0.717) is 37.3 Å². The van der Waals surface area contributed by atoms with Crippen LogP contribution in [0.5, 0.6) is 0 Å². The van der Waals surface area contributed by atoms with Crippen LogP contribution in [0.2, 0.25) is 0 Å². The second-order valence-electron chi connectivity index (χ2n) is 7.69. The third-order valence-corrected chi connectivity index (χ3v) is 6.37. The summed E-state index contributed by atoms with van der Waals surface area (Å²) in [5, 5.41) is 20.9. The zero-order valence-electron chi connectivity index (χ0n) is 13.5. The number of likely N-dealkylation sites (tertiary alicyclic amines) is 1. The van der Waals surface area contributed by atoms with E-state index in [1.165, 1.54) is 31.2 Å². The number of aromatic nitrogens is 2. The number of hydrogen-bond acceptors (Lipinski definition) is 6. The first-order valence-corrected chi connectivity index (χ1v) is 9.40. The molecule has 8 heteroatoms. The van der Waals surface area contributed by atoms with Crippen LogP contribution >= 0.6 is 11.3 Å². The Morgan fingerprint density at radius 3 is 2.83 bits per heavy atom. The fourth-order valence-corrected chi connectivity index (χ4v) is 4.54. The summed E-state index contributed by atoms with van der Waals surface area (Å²) in [6.45, 7) is 0.976. The Morgan fingerprint density at radius 1 is 1.38 bits per heavy atom. The molecule has 2 saturated carbocycles. The molecule has 2 N–H and O–H groups in total. The molecule has 0 bridgehead atoms. The van der Waals surface area contributed by atoms with Gasteiger partial charge in [-0.1, -0.05) is 11.3 Å². The quantitative estimate of drug-likeness (QED) is 0.819. The standard InChI is InChI=1S/C16H22N4O3S/c21-12(5-11-6-15(7-11)1-2-15)20-4-3-16(23,9-20)8-17-13(22)14-19-18-10-24-14/h10-11,23H,1-9H2,(H,17,22). The minimum absolute atomic E-state index is 0.127. The third kappa shape index (κ3) is 3.17. The number of aliphatic hydroxyl groups is 1. The molecule has 3 aliphatic rings. The summed E-state index contributed by atoms with van der Waals surface area (Å²) in [6, 6.07) is 0. The van der Waals surface area contributed by atoms with E-state index in [9.17, 15) is 14.7 Å². The highest BCUT2D eigenvalue weighted by atomic mass is 32.1. The molecule has 0 aromatic carbocycles. The van der Waals surface area contributed by atoms with E-state index in [1.807, 2.05) is 0 Å². The summed E-state index contributed by atoms with van der Waals surface area (Å²) in [6.07, 6.45) is 6.19. The van der Waals surface area contributed by atoms with Gasteiger partial charge in [0.2, 0.25) is 10.9 Å². The normalized spacial score (nSPS) is 28.0. The lowest BCUT2D eigenvalue weighted by atomic mass is 9.70. The lowest BCUT2D eigenvalue weighted by Crippen LogP contribution is -2.46. The summed E-state index contributed by atoms with van der Waals surface area (Å²) >= 11 is 1.16. The number of rotatable bonds is 5. The molecule has 2 amide bonds. The Kier molecular flexibility index (Phi) is 3.84. The fraction of sp³-hybridized carbons (Fsp3) is 0.750. The van der Waals surface area contributed by atoms with Crippen LogP contribution in [0.4, 0.5) is 0 Å². The van der Waals surface area contributed by atoms with Gasteiger partial charge in [-0.15, -0.1) is 10.2 Å². The molecule has 1 aliphatic heterocycles. The van der Waals surface area contributed by atoms with Gasteiger partial charge in [0, 0.05) is 19.5 Å². The Balaban J connectivity index is 1.24. The fourth-order valence-electron chi connectivity index (χ4n) is 4.08. The van der Waals surface area contributed by atoms with Gasteiger partial charge in [0.1, 0.15) is 11.1 Å². The molecule has 1 atom stereocenters. The molecule has 3 fully saturated rings. The van der Waals surface area contributed by atoms with Gasteiger partial charge in [-0.3, -0.25) is 9.59 Å². The first-order chi connectivity index (χ1) is 11.5. The van der Waals surface area contributed by atoms with Crippen LogP contribution in [0.3, 0.4) is 0 Å². The van der Waals surface area contributed by atoms with Gasteiger partial charge in [0.05, 0.1) is 6.54 Å². The average molecular weight is 350 g/mol. The van der Waals surface area contributed by atoms with Gasteiger partial charge in [0.25, 0.3) is 5.91 Å². The maximum absolute atomic E-state index is 12.4. The second kappa shape index (κ2) is 5.77. The lowest BCUT2D eigenvalue weighted by molar-refractivity contribution is -0.133. The highest BCUT2D eigenvalue weighted by Crippen LogP contribution is 2.64. The Hall–Kier alpha value is -1.54. The molecule has 0 radical (unpaired) electrons. The summed E-state index contributed by atoms with van der Waals surface area (Å²) in [7, 11) is 0. The van der Waals surface area contributed by atoms with Crippen molar-refractivity contribution in [2.75, 3.05) is 19.6 Å². The number of carbonyl (C=O) groups excluding carboxylic acids is 2. The van der Waals surface area contributed by atoms with Crippen LogP contribution < -0.4 is 5.32 Å². The van der Waals surface area contributed by atoms with Crippen LogP contribution in [0.15, 0.2) is 5.51 Å². The Labute approximate surface area is 144 Å². The summed E-state index contributed by atoms with van der Waals surface area (Å²) < 4.78 is 0. The highest BCUT2D eigenvalue weighted by molar-refractivity contribution is 7.11. The Bertz CT molecular complexity index is 638. The van der Waals surface area contributed by atoms with E-state index in [0.717, 1.165) is 11.3 Å². The monoisotopic (exact) mass is 350 g/mol. The van der Waals surface area contributed by atoms with Crippen molar-refractivity contribution < 1.29 is 14.7 Å². The predicted octanol–water partition coefficient (Wildman–Crippen LogP) is 0.812. The second-order valence-corrected chi connectivity index (χ2v) is 8.53. The van der Waals surface area contributed by atoms with Gasteiger partial charge in [-0.25, -0.2) is 0 Å². The molecule has 4 rings (SSSR count). The minimum atomic E-state index is -1.05. The molecule has 1 aromatic heterocycles. The third-order valence-electron chi connectivity index (χ3n) is 5.68. The molecule has 7 nitrogen and oxygen atoms in total. The van der Waals surface area contributed by atoms with E-state index >= 15 is 0 Å². The van der Waals surface area contributed by atoms with Crippen molar-refractivity contribution in [1.82, 2.24) is 20.4 Å². The van der Waals surface area contributed by atoms with Crippen LogP contribution in [0.25, 0.3) is 0 Å². The van der Waals surface area contributed by atoms with Crippen molar-refractivity contribution in [3.05, 3.63) is 10.5 Å². The summed E-state index contributed by atoms with van der Waals surface area (Å²) in [4.78, 5) is 26.0. The maximum Gasteiger partial charge on any atom is 0.282 e. The Morgan fingerprint density at radius 2 is 2.17 bits per heavy atom. The molecule has 2 aliphatic carbocycles. The van der Waals surface area contributed by atoms with E-state index in [2.05, 4.69) is 15.5 Å². The molecular weight excluding hydrogens is 328 g/mol. The van der Waals surface area contributed by atoms with Gasteiger partial charge in [-0.05, 0) is 43.4 Å². The van der Waals surface area contributed by atoms with E-state index in [4.69, 9.17) is 0 Å². The number of β-amino-alcohol motifs (C(OH)–C–C–N with tert-alkyl or cyclic N) is 1. The smallest absolute Gasteiger partial charge is 0.282 e. The number of nitrogens with one attached hydrogen (secondary N) is 1. The SMILES string of the molecule is O=C(NCC1(O)CCN(C(=O)CC2CC3(CC3)C2)C1)c1nncs1. The van der Waals surface area contributed by atoms with E-state index in [-0.39, 0.29) is 23.4 Å². The molecular formula is C16H22N4O3S. The number of amides is 2. The molecule has 1 saturated heterocycles. The minimum Gasteiger partial charge on any atom is -0.386 e. The van der Waals surface area contributed by atoms with Gasteiger partial charge in [0.15, 0.2) is 0 Å². The first-order valence-electron chi connectivity index (χ1n) is 8.52. The van der Waals surface area contributed by atoms with Crippen molar-refractivity contribution in [1.29, 1.82) is 0 Å². The van der Waals surface area contributed by atoms with Crippen LogP contribution in [0, 0.1) is 11.3 Å². The number of hydrogen-bond donors (Lipinski definition) is 2. The topological polar surface area (TPSA) is 95.4 Å². The molecule has 24 heavy (non-hydrogen) atoms. The van der Waals surface area contributed by atoms with Crippen LogP contribution in [-0.2, 0) is 4.79 Å². The van der Waals surface area contributed by atoms with Crippen molar-refractivity contribution in [2.24, 2.45) is 11.3 Å². The summed E-state index contributed by atoms with van der Waals surface area (Å²) in [5.41, 5.74) is 1.06. The van der Waals surface area contributed by atoms with Crippen molar-refractivity contribution in [2.45, 2.75) is 44.1 Å². The molecule has 1 unspecified atom stereocenters. The van der Waals surface area contributed by atoms with Crippen molar-refractivity contribution in [3.8, 4) is 0 Å². The van der Waals surface area contributed by atoms with Gasteiger partial charge < -0.3 is 15.3 Å². The molecule has 1 aromatic rings. The highest BCUT2D eigenvalue weighted by Gasteiger charge is 2.53. The van der Waals surface area contributed by atoms with Gasteiger partial charge >= 0.3 is 0 Å². The van der Waals surface area contributed by atoms with Crippen LogP contribution in [-0.4, -0.2) is 57.3 Å². The van der Waals surface area contributed by atoms with E-state index in [1.54, 1.807) is 4.90 Å². The van der Waals surface area contributed by atoms with Crippen molar-refractivity contribution in [3.63, 3.8) is 0 Å². The number of nitrogens with zero attached hydrogens (tertiary/aromatic N) is 3. The predicted molar refractivity (Wildman–Crippen MR) is 87.4 cm³/mol.